The summed E-state index contributed by atoms with van der Waals surface area (Å²) in [5.74, 6) is -2.76. The van der Waals surface area contributed by atoms with Crippen LogP contribution in [0, 0.1) is 17.5 Å². The van der Waals surface area contributed by atoms with E-state index >= 15 is 0 Å². The monoisotopic (exact) mass is 1950 g/mol. The molecule has 39 heteroatoms. The topological polar surface area (TPSA) is 388 Å². The number of methoxy groups -OCH3 is 1. The second kappa shape index (κ2) is 39.1. The quantitative estimate of drug-likeness (QED) is 0.0281. The zero-order valence-corrected chi connectivity index (χ0v) is 78.3. The second-order valence-corrected chi connectivity index (χ2v) is 36.5. The molecule has 0 saturated heterocycles. The number of halogens is 9. The Balaban J connectivity index is 0.000000115. The Labute approximate surface area is 804 Å². The van der Waals surface area contributed by atoms with Gasteiger partial charge in [0.2, 0.25) is 0 Å². The standard InChI is InChI=1S/C18H14ClFN2O.C17H19ClN4O2.C17H16F2N4O.C16H14ClFN4O.C16H16N4O2.C15H14ClFN4O/c19-13-6-7-14-12(16(13)20)10-15(21-14)17(23)22-18(8-9-18)11-4-2-1-3-5-11;1-11(13-9-19-22(10-13)5-6-24-2)20-17(23)16-8-12-7-14(18)3-4-15(12)21-16;1-23-9-12(8-20-23)17(4-5-17)22-16(24)14-6-10-2-3-11(15(18)19)7-13(10)21-14;1-22-8-9(7-19-22)16(4-5-16)21-15(23)13-6-10-12(20-13)3-2-11(17)14(10)18;1-20-9-11(8-17-20)16(4-5-16)19-15(22)14-6-10-2-3-12(21)7-13(10)18-14;1-8(9-6-18-21(2)7-9)19-15(22)13-5-10-12(20-13)4-3-11(16)14(10)17/h1-7,10,21H,8-9H2,(H,22,23);3-4,7-11,21H,5-6H2,1-2H3,(H,20,23);2-3,6-9,15,21H,4-5H2,1H3,(H,22,24);2-3,6-8,20H,4-5H2,1H3,(H,21,23);2-3,6-9,18,21H,4-5H2,1H3,(H,19,22);3-8,20H,1-2H3,(H,19,22). The molecule has 2 atom stereocenters. The Bertz CT molecular complexity index is 7630. The fourth-order valence-electron chi connectivity index (χ4n) is 16.3. The molecule has 22 rings (SSSR count). The van der Waals surface area contributed by atoms with Crippen LogP contribution in [0.3, 0.4) is 0 Å². The lowest BCUT2D eigenvalue weighted by Crippen LogP contribution is -2.35. The lowest BCUT2D eigenvalue weighted by Gasteiger charge is -2.17. The van der Waals surface area contributed by atoms with Gasteiger partial charge in [-0.15, -0.1) is 0 Å². The van der Waals surface area contributed by atoms with E-state index < -0.39 is 23.9 Å². The smallest absolute Gasteiger partial charge is 0.268 e. The Hall–Kier alpha value is -14.8. The number of nitrogens with zero attached hydrogens (tertiary/aromatic N) is 10. The van der Waals surface area contributed by atoms with Gasteiger partial charge < -0.3 is 71.6 Å². The number of phenols is 1. The van der Waals surface area contributed by atoms with Gasteiger partial charge in [0, 0.05) is 176 Å². The minimum Gasteiger partial charge on any atom is -0.508 e. The highest BCUT2D eigenvalue weighted by atomic mass is 35.5. The number of fused-ring (bicyclic) bond motifs is 6. The summed E-state index contributed by atoms with van der Waals surface area (Å²) >= 11 is 23.3. The molecule has 18 aromatic rings. The van der Waals surface area contributed by atoms with Gasteiger partial charge in [-0.1, -0.05) is 88.9 Å². The SMILES string of the molecule is CC(NC(=O)c1cc2c(F)c(Cl)ccc2[nH]1)c1cnn(C)c1.COCCn1cc(C(C)NC(=O)c2cc3cc(Cl)ccc3[nH]2)cn1.Cn1cc(C2(NC(=O)c3cc4c(F)c(Cl)ccc4[nH]3)CC2)cn1.Cn1cc(C2(NC(=O)c3cc4ccc(C(F)F)cc4[nH]3)CC2)cn1.Cn1cc(C2(NC(=O)c3cc4ccc(O)cc4[nH]3)CC2)cn1.O=C(NC1(c2ccccc2)CC1)c1cc2c(F)c(Cl)ccc2[nH]1. The van der Waals surface area contributed by atoms with Crippen molar-refractivity contribution in [3.8, 4) is 5.75 Å². The molecule has 6 amide bonds. The number of amides is 6. The van der Waals surface area contributed by atoms with Gasteiger partial charge >= 0.3 is 0 Å². The molecule has 13 N–H and O–H groups in total. The number of hydrogen-bond donors (Lipinski definition) is 13. The average molecular weight is 1960 g/mol. The van der Waals surface area contributed by atoms with E-state index in [1.807, 2.05) is 115 Å². The molecular weight excluding hydrogens is 1860 g/mol. The highest BCUT2D eigenvalue weighted by Gasteiger charge is 2.50. The maximum atomic E-state index is 14.0. The molecule has 4 aliphatic carbocycles. The third kappa shape index (κ3) is 21.1. The van der Waals surface area contributed by atoms with Crippen LogP contribution < -0.4 is 31.9 Å². The number of carbonyl (C=O) groups is 6. The van der Waals surface area contributed by atoms with Crippen LogP contribution in [-0.4, -0.2) is 133 Å². The van der Waals surface area contributed by atoms with E-state index in [-0.39, 0.29) is 102 Å². The summed E-state index contributed by atoms with van der Waals surface area (Å²) in [6, 6.07) is 43.5. The summed E-state index contributed by atoms with van der Waals surface area (Å²) in [5, 5.41) is 52.6. The predicted molar refractivity (Wildman–Crippen MR) is 515 cm³/mol. The number of benzene rings is 7. The summed E-state index contributed by atoms with van der Waals surface area (Å²) in [5.41, 5.74) is 10.6. The van der Waals surface area contributed by atoms with Gasteiger partial charge in [-0.2, -0.15) is 25.5 Å². The summed E-state index contributed by atoms with van der Waals surface area (Å²) in [6.45, 7) is 5.06. The van der Waals surface area contributed by atoms with Crippen LogP contribution in [0.25, 0.3) is 65.4 Å². The highest BCUT2D eigenvalue weighted by molar-refractivity contribution is 6.33. The van der Waals surface area contributed by atoms with E-state index in [4.69, 9.17) is 51.1 Å². The van der Waals surface area contributed by atoms with Gasteiger partial charge in [0.05, 0.1) is 93.4 Å². The number of aromatic hydroxyl groups is 1. The lowest BCUT2D eigenvalue weighted by atomic mass is 10.0. The van der Waals surface area contributed by atoms with E-state index in [9.17, 15) is 55.8 Å². The number of rotatable bonds is 22. The minimum absolute atomic E-state index is 0.0298. The molecule has 4 fully saturated rings. The van der Waals surface area contributed by atoms with Crippen LogP contribution in [0.2, 0.25) is 20.1 Å². The van der Waals surface area contributed by atoms with Crippen LogP contribution in [0.15, 0.2) is 220 Å². The van der Waals surface area contributed by atoms with Crippen molar-refractivity contribution in [3.63, 3.8) is 0 Å². The number of alkyl halides is 2. The first-order chi connectivity index (χ1) is 66.1. The molecule has 4 aliphatic rings. The third-order valence-corrected chi connectivity index (χ3v) is 25.8. The van der Waals surface area contributed by atoms with Crippen molar-refractivity contribution in [2.75, 3.05) is 13.7 Å². The van der Waals surface area contributed by atoms with Crippen molar-refractivity contribution in [2.45, 2.75) is 112 Å². The number of phenolic OH excluding ortho intramolecular Hbond substituents is 1. The number of hydrogen-bond acceptors (Lipinski definition) is 13. The van der Waals surface area contributed by atoms with Crippen LogP contribution in [0.1, 0.15) is 186 Å². The molecule has 4 saturated carbocycles. The van der Waals surface area contributed by atoms with E-state index in [2.05, 4.69) is 87.3 Å². The maximum Gasteiger partial charge on any atom is 0.268 e. The zero-order valence-electron chi connectivity index (χ0n) is 75.3. The van der Waals surface area contributed by atoms with Gasteiger partial charge in [0.15, 0.2) is 17.5 Å². The van der Waals surface area contributed by atoms with Crippen LogP contribution in [0.5, 0.6) is 5.75 Å². The van der Waals surface area contributed by atoms with Crippen molar-refractivity contribution in [1.82, 2.24) is 111 Å². The van der Waals surface area contributed by atoms with Gasteiger partial charge in [0.25, 0.3) is 41.9 Å². The molecule has 2 unspecified atom stereocenters. The van der Waals surface area contributed by atoms with Crippen LogP contribution in [0.4, 0.5) is 22.0 Å². The second-order valence-electron chi connectivity index (χ2n) is 34.8. The van der Waals surface area contributed by atoms with Gasteiger partial charge in [-0.25, -0.2) is 22.0 Å². The van der Waals surface area contributed by atoms with Crippen LogP contribution >= 0.6 is 46.4 Å². The number of aryl methyl sites for hydroxylation is 4. The normalized spacial score (nSPS) is 14.7. The molecule has 11 heterocycles. The van der Waals surface area contributed by atoms with Gasteiger partial charge in [-0.05, 0) is 180 Å². The van der Waals surface area contributed by atoms with E-state index in [0.717, 1.165) is 112 Å². The van der Waals surface area contributed by atoms with E-state index in [1.54, 1.807) is 128 Å². The van der Waals surface area contributed by atoms with E-state index in [0.29, 0.717) is 84.9 Å². The fraction of sp³-hybridized carbons (Fsp3) is 0.242. The third-order valence-electron chi connectivity index (χ3n) is 24.7. The molecule has 138 heavy (non-hydrogen) atoms. The molecule has 0 radical (unpaired) electrons. The molecule has 0 spiro atoms. The summed E-state index contributed by atoms with van der Waals surface area (Å²) in [7, 11) is 9.00. The molecule has 30 nitrogen and oxygen atoms in total. The molecule has 7 aromatic carbocycles. The summed E-state index contributed by atoms with van der Waals surface area (Å²) in [4.78, 5) is 92.7. The first-order valence-electron chi connectivity index (χ1n) is 44.0. The molecular formula is C99H93Cl4F5N22O8. The number of aromatic nitrogens is 16. The molecule has 0 bridgehead atoms. The van der Waals surface area contributed by atoms with Crippen molar-refractivity contribution in [2.24, 2.45) is 28.2 Å². The first kappa shape index (κ1) is 95.0. The number of ether oxygens (including phenoxy) is 1. The van der Waals surface area contributed by atoms with Crippen molar-refractivity contribution < 1.29 is 60.6 Å². The largest absolute Gasteiger partial charge is 0.508 e. The molecule has 0 aliphatic heterocycles. The highest BCUT2D eigenvalue weighted by Crippen LogP contribution is 2.49. The first-order valence-corrected chi connectivity index (χ1v) is 45.5. The summed E-state index contributed by atoms with van der Waals surface area (Å²) < 4.78 is 81.1. The summed E-state index contributed by atoms with van der Waals surface area (Å²) in [6.07, 6.45) is 22.8. The fourth-order valence-corrected chi connectivity index (χ4v) is 17.0. The Morgan fingerprint density at radius 2 is 0.754 bits per heavy atom. The van der Waals surface area contributed by atoms with Gasteiger partial charge in [0.1, 0.15) is 39.9 Å². The van der Waals surface area contributed by atoms with Gasteiger partial charge in [-0.3, -0.25) is 52.2 Å². The maximum absolute atomic E-state index is 14.0. The number of aromatic amines is 6. The number of nitrogens with one attached hydrogen (secondary N) is 12. The van der Waals surface area contributed by atoms with Crippen molar-refractivity contribution in [3.05, 3.63) is 330 Å². The lowest BCUT2D eigenvalue weighted by molar-refractivity contribution is 0.0918. The minimum atomic E-state index is -2.53. The zero-order chi connectivity index (χ0) is 97.4. The van der Waals surface area contributed by atoms with Crippen molar-refractivity contribution >= 4 is 147 Å². The Morgan fingerprint density at radius 1 is 0.391 bits per heavy atom. The van der Waals surface area contributed by atoms with E-state index in [1.165, 1.54) is 48.5 Å². The molecule has 11 aromatic heterocycles. The van der Waals surface area contributed by atoms with Crippen LogP contribution in [-0.2, 0) is 61.6 Å². The number of carbonyl (C=O) groups excluding carboxylic acids is 6. The molecule has 710 valence electrons. The predicted octanol–water partition coefficient (Wildman–Crippen LogP) is 19.1. The average Bonchev–Trinajstić information content (AvgIpc) is 1.61. The Kier molecular flexibility index (Phi) is 26.9. The van der Waals surface area contributed by atoms with Crippen molar-refractivity contribution in [1.29, 1.82) is 0 Å². The Morgan fingerprint density at radius 3 is 1.17 bits per heavy atom. The number of H-pyrrole nitrogens is 6.